The van der Waals surface area contributed by atoms with Gasteiger partial charge in [-0.05, 0) is 68.8 Å². The van der Waals surface area contributed by atoms with Gasteiger partial charge in [0.2, 0.25) is 0 Å². The molecule has 2 aromatic carbocycles. The maximum absolute atomic E-state index is 6.16. The SMILES string of the molecule is Cc1c(Cl)cccc1N=Cc1cc(C)n(-c2ccc(Cl)cc2)c1C. The van der Waals surface area contributed by atoms with Gasteiger partial charge in [0.15, 0.2) is 0 Å². The van der Waals surface area contributed by atoms with E-state index < -0.39 is 0 Å². The first-order chi connectivity index (χ1) is 11.5. The van der Waals surface area contributed by atoms with E-state index in [1.807, 2.05) is 55.6 Å². The van der Waals surface area contributed by atoms with Crippen molar-refractivity contribution in [3.8, 4) is 5.69 Å². The van der Waals surface area contributed by atoms with E-state index >= 15 is 0 Å². The molecular formula is C20H18Cl2N2. The van der Waals surface area contributed by atoms with Crippen LogP contribution in [-0.2, 0) is 0 Å². The summed E-state index contributed by atoms with van der Waals surface area (Å²) in [4.78, 5) is 4.62. The van der Waals surface area contributed by atoms with Crippen molar-refractivity contribution in [2.24, 2.45) is 4.99 Å². The van der Waals surface area contributed by atoms with Crippen molar-refractivity contribution in [1.29, 1.82) is 0 Å². The Balaban J connectivity index is 1.98. The molecule has 0 aliphatic rings. The van der Waals surface area contributed by atoms with Crippen molar-refractivity contribution >= 4 is 35.1 Å². The minimum absolute atomic E-state index is 0.733. The molecule has 0 amide bonds. The van der Waals surface area contributed by atoms with Crippen LogP contribution in [-0.4, -0.2) is 10.8 Å². The molecule has 0 saturated heterocycles. The van der Waals surface area contributed by atoms with E-state index in [0.29, 0.717) is 0 Å². The zero-order chi connectivity index (χ0) is 17.3. The number of halogens is 2. The second-order valence-corrected chi connectivity index (χ2v) is 6.62. The fraction of sp³-hybridized carbons (Fsp3) is 0.150. The quantitative estimate of drug-likeness (QED) is 0.479. The molecule has 24 heavy (non-hydrogen) atoms. The second kappa shape index (κ2) is 6.84. The molecule has 2 nitrogen and oxygen atoms in total. The lowest BCUT2D eigenvalue weighted by Crippen LogP contribution is -1.99. The molecule has 1 aromatic heterocycles. The Kier molecular flexibility index (Phi) is 4.79. The van der Waals surface area contributed by atoms with Gasteiger partial charge in [0.25, 0.3) is 0 Å². The largest absolute Gasteiger partial charge is 0.318 e. The van der Waals surface area contributed by atoms with E-state index in [1.165, 1.54) is 0 Å². The van der Waals surface area contributed by atoms with Crippen LogP contribution < -0.4 is 0 Å². The maximum atomic E-state index is 6.16. The predicted octanol–water partition coefficient (Wildman–Crippen LogP) is 6.46. The van der Waals surface area contributed by atoms with Crippen molar-refractivity contribution in [2.75, 3.05) is 0 Å². The number of aromatic nitrogens is 1. The van der Waals surface area contributed by atoms with E-state index in [4.69, 9.17) is 23.2 Å². The van der Waals surface area contributed by atoms with Gasteiger partial charge in [-0.3, -0.25) is 4.99 Å². The first-order valence-corrected chi connectivity index (χ1v) is 8.47. The molecule has 1 heterocycles. The predicted molar refractivity (Wildman–Crippen MR) is 104 cm³/mol. The van der Waals surface area contributed by atoms with Gasteiger partial charge < -0.3 is 4.57 Å². The molecule has 0 spiro atoms. The third-order valence-electron chi connectivity index (χ3n) is 4.14. The van der Waals surface area contributed by atoms with Gasteiger partial charge in [-0.15, -0.1) is 0 Å². The van der Waals surface area contributed by atoms with Crippen LogP contribution in [0.1, 0.15) is 22.5 Å². The molecule has 0 saturated carbocycles. The number of nitrogens with zero attached hydrogens (tertiary/aromatic N) is 2. The normalized spacial score (nSPS) is 11.4. The average Bonchev–Trinajstić information content (AvgIpc) is 2.84. The van der Waals surface area contributed by atoms with Gasteiger partial charge >= 0.3 is 0 Å². The average molecular weight is 357 g/mol. The summed E-state index contributed by atoms with van der Waals surface area (Å²) >= 11 is 12.1. The Morgan fingerprint density at radius 3 is 2.38 bits per heavy atom. The highest BCUT2D eigenvalue weighted by Crippen LogP contribution is 2.26. The summed E-state index contributed by atoms with van der Waals surface area (Å²) in [6.07, 6.45) is 1.90. The number of hydrogen-bond donors (Lipinski definition) is 0. The molecule has 3 rings (SSSR count). The Labute approximate surface area is 152 Å². The van der Waals surface area contributed by atoms with E-state index in [2.05, 4.69) is 29.5 Å². The van der Waals surface area contributed by atoms with Crippen molar-refractivity contribution < 1.29 is 0 Å². The lowest BCUT2D eigenvalue weighted by molar-refractivity contribution is 0.965. The summed E-state index contributed by atoms with van der Waals surface area (Å²) in [5.74, 6) is 0. The van der Waals surface area contributed by atoms with Crippen LogP contribution in [0, 0.1) is 20.8 Å². The molecule has 4 heteroatoms. The highest BCUT2D eigenvalue weighted by Gasteiger charge is 2.09. The zero-order valence-electron chi connectivity index (χ0n) is 13.8. The van der Waals surface area contributed by atoms with Gasteiger partial charge in [-0.2, -0.15) is 0 Å². The summed E-state index contributed by atoms with van der Waals surface area (Å²) in [5, 5.41) is 1.47. The van der Waals surface area contributed by atoms with Gasteiger partial charge in [0.05, 0.1) is 5.69 Å². The fourth-order valence-electron chi connectivity index (χ4n) is 2.78. The van der Waals surface area contributed by atoms with Crippen molar-refractivity contribution in [2.45, 2.75) is 20.8 Å². The molecule has 0 radical (unpaired) electrons. The molecule has 0 fully saturated rings. The molecule has 122 valence electrons. The topological polar surface area (TPSA) is 17.3 Å². The third kappa shape index (κ3) is 3.26. The number of rotatable bonds is 3. The van der Waals surface area contributed by atoms with E-state index in [9.17, 15) is 0 Å². The van der Waals surface area contributed by atoms with Gasteiger partial charge in [0.1, 0.15) is 0 Å². The summed E-state index contributed by atoms with van der Waals surface area (Å²) < 4.78 is 2.20. The van der Waals surface area contributed by atoms with Crippen LogP contribution in [0.4, 0.5) is 5.69 Å². The molecule has 0 unspecified atom stereocenters. The monoisotopic (exact) mass is 356 g/mol. The highest BCUT2D eigenvalue weighted by molar-refractivity contribution is 6.31. The Morgan fingerprint density at radius 2 is 1.67 bits per heavy atom. The third-order valence-corrected chi connectivity index (χ3v) is 4.80. The number of aliphatic imine (C=N–C) groups is 1. The van der Waals surface area contributed by atoms with Crippen LogP contribution >= 0.6 is 23.2 Å². The van der Waals surface area contributed by atoms with Crippen LogP contribution in [0.2, 0.25) is 10.0 Å². The van der Waals surface area contributed by atoms with Crippen molar-refractivity contribution in [1.82, 2.24) is 4.57 Å². The van der Waals surface area contributed by atoms with E-state index in [-0.39, 0.29) is 0 Å². The summed E-state index contributed by atoms with van der Waals surface area (Å²) in [5.41, 5.74) is 6.34. The number of aryl methyl sites for hydroxylation is 1. The molecule has 0 aliphatic heterocycles. The maximum Gasteiger partial charge on any atom is 0.0673 e. The van der Waals surface area contributed by atoms with Gasteiger partial charge in [-0.25, -0.2) is 0 Å². The summed E-state index contributed by atoms with van der Waals surface area (Å²) in [6, 6.07) is 15.7. The van der Waals surface area contributed by atoms with Crippen molar-refractivity contribution in [3.05, 3.63) is 81.1 Å². The van der Waals surface area contributed by atoms with E-state index in [0.717, 1.165) is 43.9 Å². The lowest BCUT2D eigenvalue weighted by Gasteiger charge is -2.09. The highest BCUT2D eigenvalue weighted by atomic mass is 35.5. The van der Waals surface area contributed by atoms with Gasteiger partial charge in [0, 0.05) is 38.9 Å². The van der Waals surface area contributed by atoms with Gasteiger partial charge in [-0.1, -0.05) is 29.3 Å². The summed E-state index contributed by atoms with van der Waals surface area (Å²) in [7, 11) is 0. The van der Waals surface area contributed by atoms with Crippen molar-refractivity contribution in [3.63, 3.8) is 0 Å². The first kappa shape index (κ1) is 16.8. The molecule has 0 atom stereocenters. The first-order valence-electron chi connectivity index (χ1n) is 7.71. The summed E-state index contributed by atoms with van der Waals surface area (Å²) in [6.45, 7) is 6.16. The zero-order valence-corrected chi connectivity index (χ0v) is 15.4. The molecule has 0 bridgehead atoms. The van der Waals surface area contributed by atoms with Crippen LogP contribution in [0.25, 0.3) is 5.69 Å². The van der Waals surface area contributed by atoms with Crippen LogP contribution in [0.3, 0.4) is 0 Å². The molecule has 3 aromatic rings. The number of hydrogen-bond acceptors (Lipinski definition) is 1. The lowest BCUT2D eigenvalue weighted by atomic mass is 10.2. The van der Waals surface area contributed by atoms with E-state index in [1.54, 1.807) is 0 Å². The Bertz CT molecular complexity index is 906. The molecule has 0 aliphatic carbocycles. The Morgan fingerprint density at radius 1 is 0.958 bits per heavy atom. The Hall–Kier alpha value is -2.03. The fourth-order valence-corrected chi connectivity index (χ4v) is 3.08. The minimum Gasteiger partial charge on any atom is -0.318 e. The number of benzene rings is 2. The standard InChI is InChI=1S/C20H18Cl2N2/c1-13-11-16(12-23-20-6-4-5-19(22)14(20)2)15(3)24(13)18-9-7-17(21)8-10-18/h4-12H,1-3H3. The molecule has 0 N–H and O–H groups in total. The smallest absolute Gasteiger partial charge is 0.0673 e. The van der Waals surface area contributed by atoms with Crippen LogP contribution in [0.15, 0.2) is 53.5 Å². The minimum atomic E-state index is 0.733. The van der Waals surface area contributed by atoms with Crippen LogP contribution in [0.5, 0.6) is 0 Å². The second-order valence-electron chi connectivity index (χ2n) is 5.78. The molecular weight excluding hydrogens is 339 g/mol.